The lowest BCUT2D eigenvalue weighted by Crippen LogP contribution is -2.22. The van der Waals surface area contributed by atoms with Gasteiger partial charge in [0.15, 0.2) is 0 Å². The molecule has 0 unspecified atom stereocenters. The van der Waals surface area contributed by atoms with Gasteiger partial charge in [0.05, 0.1) is 22.7 Å². The molecule has 0 bridgehead atoms. The highest BCUT2D eigenvalue weighted by atomic mass is 32.2. The SMILES string of the molecule is O=S(=O)(Cc1ccccc1)Nc1cc(C(F)(F)F)ccc1N1CCCC1. The highest BCUT2D eigenvalue weighted by Gasteiger charge is 2.32. The Morgan fingerprint density at radius 3 is 2.27 bits per heavy atom. The van der Waals surface area contributed by atoms with Crippen molar-refractivity contribution in [1.29, 1.82) is 0 Å². The second-order valence-electron chi connectivity index (χ2n) is 6.27. The minimum atomic E-state index is -4.54. The number of hydrogen-bond donors (Lipinski definition) is 1. The molecule has 0 atom stereocenters. The van der Waals surface area contributed by atoms with Crippen LogP contribution in [-0.2, 0) is 22.0 Å². The number of nitrogens with zero attached hydrogens (tertiary/aromatic N) is 1. The summed E-state index contributed by atoms with van der Waals surface area (Å²) in [4.78, 5) is 1.90. The van der Waals surface area contributed by atoms with Gasteiger partial charge >= 0.3 is 6.18 Å². The smallest absolute Gasteiger partial charge is 0.370 e. The van der Waals surface area contributed by atoms with Gasteiger partial charge in [0.1, 0.15) is 0 Å². The molecule has 0 radical (unpaired) electrons. The van der Waals surface area contributed by atoms with E-state index in [1.807, 2.05) is 4.90 Å². The van der Waals surface area contributed by atoms with Crippen molar-refractivity contribution in [3.8, 4) is 0 Å². The Balaban J connectivity index is 1.93. The van der Waals surface area contributed by atoms with E-state index in [0.717, 1.165) is 25.0 Å². The van der Waals surface area contributed by atoms with Gasteiger partial charge in [-0.05, 0) is 36.6 Å². The molecule has 140 valence electrons. The molecule has 1 aliphatic heterocycles. The summed E-state index contributed by atoms with van der Waals surface area (Å²) in [6.45, 7) is 1.39. The van der Waals surface area contributed by atoms with E-state index in [-0.39, 0.29) is 11.4 Å². The molecular formula is C18H19F3N2O2S. The van der Waals surface area contributed by atoms with Crippen LogP contribution in [0.15, 0.2) is 48.5 Å². The molecule has 26 heavy (non-hydrogen) atoms. The van der Waals surface area contributed by atoms with E-state index < -0.39 is 21.8 Å². The lowest BCUT2D eigenvalue weighted by atomic mass is 10.1. The molecule has 1 saturated heterocycles. The predicted octanol–water partition coefficient (Wildman–Crippen LogP) is 4.25. The zero-order chi connectivity index (χ0) is 18.8. The van der Waals surface area contributed by atoms with Gasteiger partial charge in [-0.15, -0.1) is 0 Å². The molecule has 3 rings (SSSR count). The topological polar surface area (TPSA) is 49.4 Å². The van der Waals surface area contributed by atoms with Gasteiger partial charge in [-0.2, -0.15) is 13.2 Å². The molecular weight excluding hydrogens is 365 g/mol. The molecule has 0 saturated carbocycles. The van der Waals surface area contributed by atoms with Crippen LogP contribution in [0.4, 0.5) is 24.5 Å². The van der Waals surface area contributed by atoms with Crippen LogP contribution < -0.4 is 9.62 Å². The average Bonchev–Trinajstić information content (AvgIpc) is 3.08. The molecule has 8 heteroatoms. The van der Waals surface area contributed by atoms with E-state index in [9.17, 15) is 21.6 Å². The highest BCUT2D eigenvalue weighted by Crippen LogP contribution is 2.37. The highest BCUT2D eigenvalue weighted by molar-refractivity contribution is 7.91. The minimum Gasteiger partial charge on any atom is -0.370 e. The number of hydrogen-bond acceptors (Lipinski definition) is 3. The quantitative estimate of drug-likeness (QED) is 0.839. The first-order valence-electron chi connectivity index (χ1n) is 8.25. The Bertz CT molecular complexity index is 862. The maximum absolute atomic E-state index is 13.1. The van der Waals surface area contributed by atoms with Gasteiger partial charge in [0.25, 0.3) is 0 Å². The standard InChI is InChI=1S/C18H19F3N2O2S/c19-18(20,21)15-8-9-17(23-10-4-5-11-23)16(12-15)22-26(24,25)13-14-6-2-1-3-7-14/h1-3,6-9,12,22H,4-5,10-11,13H2. The fourth-order valence-corrected chi connectivity index (χ4v) is 4.23. The number of benzene rings is 2. The van der Waals surface area contributed by atoms with E-state index in [1.165, 1.54) is 6.07 Å². The molecule has 0 aromatic heterocycles. The molecule has 4 nitrogen and oxygen atoms in total. The van der Waals surface area contributed by atoms with Gasteiger partial charge < -0.3 is 4.90 Å². The van der Waals surface area contributed by atoms with Gasteiger partial charge in [-0.25, -0.2) is 8.42 Å². The summed E-state index contributed by atoms with van der Waals surface area (Å²) in [5.74, 6) is -0.302. The zero-order valence-corrected chi connectivity index (χ0v) is 14.8. The Hall–Kier alpha value is -2.22. The largest absolute Gasteiger partial charge is 0.416 e. The van der Waals surface area contributed by atoms with Crippen molar-refractivity contribution in [2.24, 2.45) is 0 Å². The van der Waals surface area contributed by atoms with E-state index in [1.54, 1.807) is 30.3 Å². The van der Waals surface area contributed by atoms with E-state index in [4.69, 9.17) is 0 Å². The number of halogens is 3. The summed E-state index contributed by atoms with van der Waals surface area (Å²) < 4.78 is 66.5. The average molecular weight is 384 g/mol. The van der Waals surface area contributed by atoms with E-state index >= 15 is 0 Å². The first-order chi connectivity index (χ1) is 12.2. The molecule has 0 amide bonds. The lowest BCUT2D eigenvalue weighted by molar-refractivity contribution is -0.137. The molecule has 2 aromatic carbocycles. The molecule has 0 spiro atoms. The normalized spacial score (nSPS) is 15.3. The number of anilines is 2. The van der Waals surface area contributed by atoms with E-state index in [2.05, 4.69) is 4.72 Å². The Labute approximate surface area is 150 Å². The van der Waals surface area contributed by atoms with Crippen molar-refractivity contribution < 1.29 is 21.6 Å². The predicted molar refractivity (Wildman–Crippen MR) is 95.6 cm³/mol. The van der Waals surface area contributed by atoms with Gasteiger partial charge in [-0.3, -0.25) is 4.72 Å². The van der Waals surface area contributed by atoms with Crippen LogP contribution in [0.5, 0.6) is 0 Å². The fourth-order valence-electron chi connectivity index (χ4n) is 3.03. The Morgan fingerprint density at radius 2 is 1.65 bits per heavy atom. The molecule has 2 aromatic rings. The maximum atomic E-state index is 13.1. The third-order valence-corrected chi connectivity index (χ3v) is 5.48. The number of nitrogens with one attached hydrogen (secondary N) is 1. The van der Waals surface area contributed by atoms with Crippen molar-refractivity contribution in [3.63, 3.8) is 0 Å². The number of sulfonamides is 1. The molecule has 1 aliphatic rings. The minimum absolute atomic E-state index is 0.0299. The summed E-state index contributed by atoms with van der Waals surface area (Å²) in [7, 11) is -3.85. The second kappa shape index (κ2) is 7.19. The third-order valence-electron chi connectivity index (χ3n) is 4.24. The molecule has 1 heterocycles. The van der Waals surface area contributed by atoms with Gasteiger partial charge in [0, 0.05) is 13.1 Å². The van der Waals surface area contributed by atoms with Crippen LogP contribution in [0.1, 0.15) is 24.0 Å². The van der Waals surface area contributed by atoms with Crippen molar-refractivity contribution in [3.05, 3.63) is 59.7 Å². The monoisotopic (exact) mass is 384 g/mol. The van der Waals surface area contributed by atoms with Crippen LogP contribution in [0.3, 0.4) is 0 Å². The number of rotatable bonds is 5. The summed E-state index contributed by atoms with van der Waals surface area (Å²) in [5, 5.41) is 0. The zero-order valence-electron chi connectivity index (χ0n) is 14.0. The molecule has 1 N–H and O–H groups in total. The summed E-state index contributed by atoms with van der Waals surface area (Å²) in [6, 6.07) is 11.7. The third kappa shape index (κ3) is 4.49. The number of alkyl halides is 3. The summed E-state index contributed by atoms with van der Waals surface area (Å²) >= 11 is 0. The Kier molecular flexibility index (Phi) is 5.13. The van der Waals surface area contributed by atoms with E-state index in [0.29, 0.717) is 24.3 Å². The van der Waals surface area contributed by atoms with Crippen molar-refractivity contribution >= 4 is 21.4 Å². The Morgan fingerprint density at radius 1 is 1.00 bits per heavy atom. The van der Waals surface area contributed by atoms with Crippen molar-refractivity contribution in [2.45, 2.75) is 24.8 Å². The van der Waals surface area contributed by atoms with Crippen LogP contribution in [0, 0.1) is 0 Å². The van der Waals surface area contributed by atoms with Gasteiger partial charge in [-0.1, -0.05) is 30.3 Å². The summed E-state index contributed by atoms with van der Waals surface area (Å²) in [6.07, 6.45) is -2.68. The van der Waals surface area contributed by atoms with Crippen LogP contribution >= 0.6 is 0 Å². The van der Waals surface area contributed by atoms with Gasteiger partial charge in [0.2, 0.25) is 10.0 Å². The second-order valence-corrected chi connectivity index (χ2v) is 7.99. The van der Waals surface area contributed by atoms with Crippen LogP contribution in [0.25, 0.3) is 0 Å². The van der Waals surface area contributed by atoms with Crippen molar-refractivity contribution in [1.82, 2.24) is 0 Å². The first kappa shape index (κ1) is 18.6. The summed E-state index contributed by atoms with van der Waals surface area (Å²) in [5.41, 5.74) is 0.136. The maximum Gasteiger partial charge on any atom is 0.416 e. The van der Waals surface area contributed by atoms with Crippen LogP contribution in [0.2, 0.25) is 0 Å². The molecule has 1 fully saturated rings. The van der Waals surface area contributed by atoms with Crippen LogP contribution in [-0.4, -0.2) is 21.5 Å². The first-order valence-corrected chi connectivity index (χ1v) is 9.90. The van der Waals surface area contributed by atoms with Crippen molar-refractivity contribution in [2.75, 3.05) is 22.7 Å². The fraction of sp³-hybridized carbons (Fsp3) is 0.333. The molecule has 0 aliphatic carbocycles. The lowest BCUT2D eigenvalue weighted by Gasteiger charge is -2.23.